The molecule has 0 bridgehead atoms. The number of esters is 1. The quantitative estimate of drug-likeness (QED) is 0.821. The van der Waals surface area contributed by atoms with E-state index in [0.29, 0.717) is 13.2 Å². The normalized spacial score (nSPS) is 18.8. The average molecular weight is 253 g/mol. The van der Waals surface area contributed by atoms with Crippen molar-refractivity contribution >= 4 is 5.97 Å². The maximum Gasteiger partial charge on any atom is 0.318 e. The number of carbonyl (C=O) groups is 1. The highest BCUT2D eigenvalue weighted by Gasteiger charge is 2.53. The van der Waals surface area contributed by atoms with E-state index in [1.807, 2.05) is 0 Å². The van der Waals surface area contributed by atoms with Crippen LogP contribution in [-0.4, -0.2) is 33.3 Å². The van der Waals surface area contributed by atoms with Crippen LogP contribution in [0.2, 0.25) is 0 Å². The van der Waals surface area contributed by atoms with Crippen LogP contribution in [0.4, 0.5) is 4.39 Å². The van der Waals surface area contributed by atoms with Gasteiger partial charge in [-0.25, -0.2) is 4.39 Å². The first kappa shape index (κ1) is 13.0. The van der Waals surface area contributed by atoms with Crippen LogP contribution in [0.1, 0.15) is 11.6 Å². The molecule has 1 heterocycles. The molecule has 1 atom stereocenters. The van der Waals surface area contributed by atoms with E-state index in [4.69, 9.17) is 9.47 Å². The molecule has 1 aliphatic rings. The first-order chi connectivity index (χ1) is 8.64. The molecule has 1 aromatic carbocycles. The Labute approximate surface area is 105 Å². The van der Waals surface area contributed by atoms with E-state index in [2.05, 4.69) is 5.32 Å². The van der Waals surface area contributed by atoms with Gasteiger partial charge in [0.15, 0.2) is 0 Å². The Morgan fingerprint density at radius 2 is 2.06 bits per heavy atom. The summed E-state index contributed by atoms with van der Waals surface area (Å²) in [4.78, 5) is 11.9. The SMILES string of the molecule is CNC(c1ccc(F)cc1)C1(C(=O)OC)COC1. The number of nitrogens with one attached hydrogen (secondary N) is 1. The number of ether oxygens (including phenoxy) is 2. The van der Waals surface area contributed by atoms with Crippen molar-refractivity contribution in [2.75, 3.05) is 27.4 Å². The zero-order chi connectivity index (χ0) is 13.2. The van der Waals surface area contributed by atoms with Crippen molar-refractivity contribution < 1.29 is 18.7 Å². The molecular formula is C13H16FNO3. The molecule has 98 valence electrons. The molecule has 0 aliphatic carbocycles. The van der Waals surface area contributed by atoms with Crippen LogP contribution in [0.25, 0.3) is 0 Å². The molecule has 4 nitrogen and oxygen atoms in total. The molecule has 18 heavy (non-hydrogen) atoms. The summed E-state index contributed by atoms with van der Waals surface area (Å²) in [6.45, 7) is 0.616. The second-order valence-electron chi connectivity index (χ2n) is 4.41. The van der Waals surface area contributed by atoms with Gasteiger partial charge in [0.1, 0.15) is 11.2 Å². The first-order valence-corrected chi connectivity index (χ1v) is 5.73. The van der Waals surface area contributed by atoms with E-state index >= 15 is 0 Å². The maximum absolute atomic E-state index is 12.9. The summed E-state index contributed by atoms with van der Waals surface area (Å²) in [6.07, 6.45) is 0. The third kappa shape index (κ3) is 2.00. The van der Waals surface area contributed by atoms with Crippen LogP contribution in [0, 0.1) is 11.2 Å². The Morgan fingerprint density at radius 3 is 2.44 bits per heavy atom. The van der Waals surface area contributed by atoms with E-state index in [9.17, 15) is 9.18 Å². The predicted molar refractivity (Wildman–Crippen MR) is 63.5 cm³/mol. The van der Waals surface area contributed by atoms with E-state index in [-0.39, 0.29) is 17.8 Å². The van der Waals surface area contributed by atoms with Gasteiger partial charge in [-0.1, -0.05) is 12.1 Å². The van der Waals surface area contributed by atoms with Crippen molar-refractivity contribution in [2.24, 2.45) is 5.41 Å². The minimum absolute atomic E-state index is 0.251. The fraction of sp³-hybridized carbons (Fsp3) is 0.462. The van der Waals surface area contributed by atoms with E-state index in [0.717, 1.165) is 5.56 Å². The molecule has 2 rings (SSSR count). The van der Waals surface area contributed by atoms with Crippen molar-refractivity contribution in [1.82, 2.24) is 5.32 Å². The monoisotopic (exact) mass is 253 g/mol. The van der Waals surface area contributed by atoms with Crippen LogP contribution in [0.3, 0.4) is 0 Å². The topological polar surface area (TPSA) is 47.6 Å². The summed E-state index contributed by atoms with van der Waals surface area (Å²) in [7, 11) is 3.12. The fourth-order valence-corrected chi connectivity index (χ4v) is 2.34. The zero-order valence-electron chi connectivity index (χ0n) is 10.4. The number of hydrogen-bond acceptors (Lipinski definition) is 4. The lowest BCUT2D eigenvalue weighted by atomic mass is 9.75. The third-order valence-corrected chi connectivity index (χ3v) is 3.36. The minimum atomic E-state index is -0.721. The van der Waals surface area contributed by atoms with Gasteiger partial charge in [0, 0.05) is 0 Å². The molecule has 0 radical (unpaired) electrons. The number of carbonyl (C=O) groups excluding carboxylic acids is 1. The third-order valence-electron chi connectivity index (χ3n) is 3.36. The molecule has 0 spiro atoms. The van der Waals surface area contributed by atoms with E-state index < -0.39 is 5.41 Å². The second-order valence-corrected chi connectivity index (χ2v) is 4.41. The second kappa shape index (κ2) is 5.04. The smallest absolute Gasteiger partial charge is 0.318 e. The molecule has 1 unspecified atom stereocenters. The Kier molecular flexibility index (Phi) is 3.63. The van der Waals surface area contributed by atoms with Gasteiger partial charge in [-0.15, -0.1) is 0 Å². The summed E-state index contributed by atoms with van der Waals surface area (Å²) < 4.78 is 23.0. The molecule has 1 N–H and O–H groups in total. The lowest BCUT2D eigenvalue weighted by Crippen LogP contribution is -2.56. The van der Waals surface area contributed by atoms with Crippen molar-refractivity contribution in [3.05, 3.63) is 35.6 Å². The van der Waals surface area contributed by atoms with Gasteiger partial charge < -0.3 is 14.8 Å². The highest BCUT2D eigenvalue weighted by atomic mass is 19.1. The Balaban J connectivity index is 2.32. The van der Waals surface area contributed by atoms with Gasteiger partial charge in [0.05, 0.1) is 26.4 Å². The summed E-state index contributed by atoms with van der Waals surface area (Å²) in [5, 5.41) is 3.09. The Morgan fingerprint density at radius 1 is 1.44 bits per heavy atom. The van der Waals surface area contributed by atoms with Crippen molar-refractivity contribution in [2.45, 2.75) is 6.04 Å². The molecule has 1 fully saturated rings. The highest BCUT2D eigenvalue weighted by Crippen LogP contribution is 2.41. The van der Waals surface area contributed by atoms with Crippen LogP contribution >= 0.6 is 0 Å². The summed E-state index contributed by atoms with van der Waals surface area (Å²) in [5.41, 5.74) is 0.119. The van der Waals surface area contributed by atoms with Gasteiger partial charge >= 0.3 is 5.97 Å². The van der Waals surface area contributed by atoms with Gasteiger partial charge in [0.25, 0.3) is 0 Å². The van der Waals surface area contributed by atoms with Crippen LogP contribution < -0.4 is 5.32 Å². The Bertz CT molecular complexity index is 428. The maximum atomic E-state index is 12.9. The van der Waals surface area contributed by atoms with Crippen molar-refractivity contribution in [1.29, 1.82) is 0 Å². The molecular weight excluding hydrogens is 237 g/mol. The number of halogens is 1. The van der Waals surface area contributed by atoms with E-state index in [1.54, 1.807) is 19.2 Å². The summed E-state index contributed by atoms with van der Waals surface area (Å²) in [6, 6.07) is 5.84. The number of hydrogen-bond donors (Lipinski definition) is 1. The van der Waals surface area contributed by atoms with Gasteiger partial charge in [0.2, 0.25) is 0 Å². The zero-order valence-corrected chi connectivity index (χ0v) is 10.4. The van der Waals surface area contributed by atoms with Gasteiger partial charge in [-0.2, -0.15) is 0 Å². The summed E-state index contributed by atoms with van der Waals surface area (Å²) in [5.74, 6) is -0.608. The molecule has 1 aromatic rings. The van der Waals surface area contributed by atoms with Crippen molar-refractivity contribution in [3.63, 3.8) is 0 Å². The first-order valence-electron chi connectivity index (χ1n) is 5.73. The van der Waals surface area contributed by atoms with Crippen molar-refractivity contribution in [3.8, 4) is 0 Å². The molecule has 1 saturated heterocycles. The predicted octanol–water partition coefficient (Wildman–Crippen LogP) is 1.28. The Hall–Kier alpha value is -1.46. The lowest BCUT2D eigenvalue weighted by molar-refractivity contribution is -0.190. The van der Waals surface area contributed by atoms with Crippen LogP contribution in [0.15, 0.2) is 24.3 Å². The standard InChI is InChI=1S/C13H16FNO3/c1-15-11(9-3-5-10(14)6-4-9)13(7-18-8-13)12(16)17-2/h3-6,11,15H,7-8H2,1-2H3. The average Bonchev–Trinajstić information content (AvgIpc) is 2.34. The number of methoxy groups -OCH3 is 1. The van der Waals surface area contributed by atoms with Crippen LogP contribution in [0.5, 0.6) is 0 Å². The lowest BCUT2D eigenvalue weighted by Gasteiger charge is -2.44. The van der Waals surface area contributed by atoms with Gasteiger partial charge in [-0.3, -0.25) is 4.79 Å². The molecule has 5 heteroatoms. The summed E-state index contributed by atoms with van der Waals surface area (Å²) >= 11 is 0. The minimum Gasteiger partial charge on any atom is -0.468 e. The molecule has 0 saturated carbocycles. The molecule has 0 aromatic heterocycles. The number of rotatable bonds is 4. The highest BCUT2D eigenvalue weighted by molar-refractivity contribution is 5.79. The largest absolute Gasteiger partial charge is 0.468 e. The molecule has 0 amide bonds. The fourth-order valence-electron chi connectivity index (χ4n) is 2.34. The number of benzene rings is 1. The van der Waals surface area contributed by atoms with Gasteiger partial charge in [-0.05, 0) is 24.7 Å². The van der Waals surface area contributed by atoms with Crippen LogP contribution in [-0.2, 0) is 14.3 Å². The molecule has 1 aliphatic heterocycles. The van der Waals surface area contributed by atoms with E-state index in [1.165, 1.54) is 19.2 Å².